The Bertz CT molecular complexity index is 3850. The fraction of sp³-hybridized carbons (Fsp3) is 0. The summed E-state index contributed by atoms with van der Waals surface area (Å²) in [5, 5.41) is 7.46. The number of hydrogen-bond donors (Lipinski definition) is 0. The Morgan fingerprint density at radius 2 is 0.762 bits per heavy atom. The van der Waals surface area contributed by atoms with Crippen LogP contribution >= 0.6 is 11.3 Å². The highest BCUT2D eigenvalue weighted by molar-refractivity contribution is 7.26. The van der Waals surface area contributed by atoms with Gasteiger partial charge < -0.3 is 9.13 Å². The van der Waals surface area contributed by atoms with Crippen LogP contribution in [0, 0.1) is 0 Å². The van der Waals surface area contributed by atoms with Crippen molar-refractivity contribution < 1.29 is 0 Å². The van der Waals surface area contributed by atoms with Crippen LogP contribution in [0.25, 0.3) is 120 Å². The second kappa shape index (κ2) is 14.2. The highest BCUT2D eigenvalue weighted by Gasteiger charge is 2.19. The minimum absolute atomic E-state index is 0.631. The van der Waals surface area contributed by atoms with Crippen LogP contribution in [0.2, 0.25) is 0 Å². The van der Waals surface area contributed by atoms with Gasteiger partial charge in [0.1, 0.15) is 0 Å². The predicted octanol–water partition coefficient (Wildman–Crippen LogP) is 15.1. The monoisotopic (exact) mass is 821 g/mol. The van der Waals surface area contributed by atoms with Gasteiger partial charge in [-0.1, -0.05) is 158 Å². The number of para-hydroxylation sites is 2. The first-order valence-corrected chi connectivity index (χ1v) is 22.0. The van der Waals surface area contributed by atoms with E-state index in [1.54, 1.807) is 0 Å². The molecule has 0 radical (unpaired) electrons. The third-order valence-corrected chi connectivity index (χ3v) is 13.5. The average Bonchev–Trinajstić information content (AvgIpc) is 4.00. The third kappa shape index (κ3) is 5.80. The minimum atomic E-state index is 0.631. The van der Waals surface area contributed by atoms with E-state index in [0.29, 0.717) is 17.5 Å². The van der Waals surface area contributed by atoms with Crippen LogP contribution in [-0.2, 0) is 0 Å². The van der Waals surface area contributed by atoms with E-state index in [9.17, 15) is 0 Å². The molecule has 13 aromatic rings. The molecular formula is C57H35N5S. The lowest BCUT2D eigenvalue weighted by Gasteiger charge is -2.11. The highest BCUT2D eigenvalue weighted by atomic mass is 32.1. The molecule has 0 saturated heterocycles. The maximum absolute atomic E-state index is 5.06. The van der Waals surface area contributed by atoms with Gasteiger partial charge in [-0.15, -0.1) is 11.3 Å². The van der Waals surface area contributed by atoms with Crippen LogP contribution < -0.4 is 0 Å². The summed E-state index contributed by atoms with van der Waals surface area (Å²) in [6.45, 7) is 0. The molecule has 13 rings (SSSR count). The van der Waals surface area contributed by atoms with Crippen molar-refractivity contribution in [2.45, 2.75) is 0 Å². The second-order valence-electron chi connectivity index (χ2n) is 16.0. The van der Waals surface area contributed by atoms with Gasteiger partial charge in [0.2, 0.25) is 0 Å². The van der Waals surface area contributed by atoms with Crippen molar-refractivity contribution in [1.29, 1.82) is 0 Å². The van der Waals surface area contributed by atoms with Crippen LogP contribution in [0.1, 0.15) is 0 Å². The van der Waals surface area contributed by atoms with Crippen molar-refractivity contribution in [3.63, 3.8) is 0 Å². The van der Waals surface area contributed by atoms with Gasteiger partial charge in [-0.05, 0) is 65.7 Å². The number of fused-ring (bicyclic) bond motifs is 9. The fourth-order valence-electron chi connectivity index (χ4n) is 9.42. The van der Waals surface area contributed by atoms with Gasteiger partial charge in [-0.25, -0.2) is 15.0 Å². The van der Waals surface area contributed by atoms with Crippen LogP contribution in [0.5, 0.6) is 0 Å². The van der Waals surface area contributed by atoms with Crippen LogP contribution in [0.4, 0.5) is 0 Å². The van der Waals surface area contributed by atoms with Gasteiger partial charge in [0.05, 0.1) is 22.1 Å². The minimum Gasteiger partial charge on any atom is -0.309 e. The molecule has 0 bridgehead atoms. The Kier molecular flexibility index (Phi) is 8.01. The molecule has 0 fully saturated rings. The number of hydrogen-bond acceptors (Lipinski definition) is 4. The summed E-state index contributed by atoms with van der Waals surface area (Å²) in [6.07, 6.45) is 0. The summed E-state index contributed by atoms with van der Waals surface area (Å²) in [6, 6.07) is 75.7. The molecule has 294 valence electrons. The van der Waals surface area contributed by atoms with Crippen molar-refractivity contribution in [2.24, 2.45) is 0 Å². The van der Waals surface area contributed by atoms with E-state index < -0.39 is 0 Å². The van der Waals surface area contributed by atoms with E-state index in [1.807, 2.05) is 72.0 Å². The number of benzene rings is 9. The predicted molar refractivity (Wildman–Crippen MR) is 263 cm³/mol. The molecule has 0 atom stereocenters. The van der Waals surface area contributed by atoms with E-state index >= 15 is 0 Å². The molecule has 5 nitrogen and oxygen atoms in total. The fourth-order valence-corrected chi connectivity index (χ4v) is 10.6. The van der Waals surface area contributed by atoms with E-state index in [2.05, 4.69) is 161 Å². The zero-order valence-electron chi connectivity index (χ0n) is 33.9. The third-order valence-electron chi connectivity index (χ3n) is 12.4. The molecule has 0 aliphatic carbocycles. The Balaban J connectivity index is 0.972. The molecular weight excluding hydrogens is 787 g/mol. The van der Waals surface area contributed by atoms with Crippen molar-refractivity contribution in [3.05, 3.63) is 212 Å². The van der Waals surface area contributed by atoms with E-state index in [1.165, 1.54) is 63.9 Å². The Morgan fingerprint density at radius 1 is 0.270 bits per heavy atom. The first kappa shape index (κ1) is 35.6. The summed E-state index contributed by atoms with van der Waals surface area (Å²) in [5.74, 6) is 1.92. The lowest BCUT2D eigenvalue weighted by Crippen LogP contribution is -2.01. The maximum Gasteiger partial charge on any atom is 0.164 e. The molecule has 4 aromatic heterocycles. The van der Waals surface area contributed by atoms with Gasteiger partial charge in [0.25, 0.3) is 0 Å². The van der Waals surface area contributed by atoms with Crippen LogP contribution in [-0.4, -0.2) is 24.1 Å². The van der Waals surface area contributed by atoms with Crippen molar-refractivity contribution in [3.8, 4) is 56.7 Å². The molecule has 9 aromatic carbocycles. The first-order valence-electron chi connectivity index (χ1n) is 21.2. The SMILES string of the molecule is c1ccc(-c2ccc3c4ccccc4n(-c4ccc5c(c4)sc4cc6c7ccccc7n(-c7cccc(-c8nc(-c9ccccc9)nc(-c9ccccc9)n8)c7)c6cc45)c3c2)cc1. The van der Waals surface area contributed by atoms with Gasteiger partial charge in [-0.2, -0.15) is 0 Å². The van der Waals surface area contributed by atoms with Crippen LogP contribution in [0.3, 0.4) is 0 Å². The molecule has 0 spiro atoms. The Hall–Kier alpha value is -8.19. The summed E-state index contributed by atoms with van der Waals surface area (Å²) in [5.41, 5.74) is 12.2. The molecule has 4 heterocycles. The number of aromatic nitrogens is 5. The zero-order chi connectivity index (χ0) is 41.4. The van der Waals surface area contributed by atoms with Gasteiger partial charge in [0, 0.05) is 69.8 Å². The largest absolute Gasteiger partial charge is 0.309 e. The smallest absolute Gasteiger partial charge is 0.164 e. The molecule has 0 aliphatic rings. The summed E-state index contributed by atoms with van der Waals surface area (Å²) >= 11 is 1.87. The number of nitrogens with zero attached hydrogens (tertiary/aromatic N) is 5. The summed E-state index contributed by atoms with van der Waals surface area (Å²) in [4.78, 5) is 15.1. The maximum atomic E-state index is 5.06. The van der Waals surface area contributed by atoms with E-state index in [4.69, 9.17) is 15.0 Å². The molecule has 0 N–H and O–H groups in total. The molecule has 0 aliphatic heterocycles. The molecule has 0 unspecified atom stereocenters. The quantitative estimate of drug-likeness (QED) is 0.168. The van der Waals surface area contributed by atoms with Crippen molar-refractivity contribution in [1.82, 2.24) is 24.1 Å². The Morgan fingerprint density at radius 3 is 1.43 bits per heavy atom. The first-order chi connectivity index (χ1) is 31.2. The van der Waals surface area contributed by atoms with E-state index in [-0.39, 0.29) is 0 Å². The van der Waals surface area contributed by atoms with Gasteiger partial charge in [0.15, 0.2) is 17.5 Å². The molecule has 0 saturated carbocycles. The number of rotatable bonds is 6. The summed E-state index contributed by atoms with van der Waals surface area (Å²) < 4.78 is 7.36. The van der Waals surface area contributed by atoms with Gasteiger partial charge in [-0.3, -0.25) is 0 Å². The normalized spacial score (nSPS) is 11.8. The van der Waals surface area contributed by atoms with E-state index in [0.717, 1.165) is 39.1 Å². The second-order valence-corrected chi connectivity index (χ2v) is 17.1. The molecule has 63 heavy (non-hydrogen) atoms. The van der Waals surface area contributed by atoms with Crippen molar-refractivity contribution in [2.75, 3.05) is 0 Å². The average molecular weight is 822 g/mol. The number of thiophene rings is 1. The highest BCUT2D eigenvalue weighted by Crippen LogP contribution is 2.43. The topological polar surface area (TPSA) is 48.5 Å². The lowest BCUT2D eigenvalue weighted by atomic mass is 10.0. The lowest BCUT2D eigenvalue weighted by molar-refractivity contribution is 1.07. The molecule has 0 amide bonds. The standard InChI is InChI=1S/C57H35N5S/c1-4-15-36(16-5-1)39-27-29-45-43-23-10-12-25-49(43)62(51(45)32-39)42-28-30-46-48-34-52-47(35-54(48)63-53(46)33-42)44-24-11-13-26-50(44)61(52)41-22-14-21-40(31-41)57-59-55(37-17-6-2-7-18-37)58-56(60-57)38-19-8-3-9-20-38/h1-35H. The zero-order valence-corrected chi connectivity index (χ0v) is 34.7. The Labute approximate surface area is 366 Å². The van der Waals surface area contributed by atoms with Gasteiger partial charge >= 0.3 is 0 Å². The summed E-state index contributed by atoms with van der Waals surface area (Å²) in [7, 11) is 0. The molecule has 6 heteroatoms. The van der Waals surface area contributed by atoms with Crippen molar-refractivity contribution >= 4 is 75.1 Å². The van der Waals surface area contributed by atoms with Crippen LogP contribution in [0.15, 0.2) is 212 Å².